The Labute approximate surface area is 93.3 Å². The molecule has 15 heavy (non-hydrogen) atoms. The summed E-state index contributed by atoms with van der Waals surface area (Å²) in [7, 11) is 5.79. The minimum atomic E-state index is 0.545. The Bertz CT molecular complexity index is 302. The van der Waals surface area contributed by atoms with Gasteiger partial charge in [-0.2, -0.15) is 0 Å². The third-order valence-electron chi connectivity index (χ3n) is 3.02. The van der Waals surface area contributed by atoms with Crippen molar-refractivity contribution in [3.8, 4) is 0 Å². The SMILES string of the molecule is [B]N1CCN(Cc2ccccc2)C(C)C1. The highest BCUT2D eigenvalue weighted by Gasteiger charge is 2.20. The Morgan fingerprint density at radius 3 is 2.67 bits per heavy atom. The minimum absolute atomic E-state index is 0.545. The summed E-state index contributed by atoms with van der Waals surface area (Å²) in [6.45, 7) is 6.27. The highest BCUT2D eigenvalue weighted by Crippen LogP contribution is 2.12. The van der Waals surface area contributed by atoms with Gasteiger partial charge in [0, 0.05) is 25.7 Å². The predicted molar refractivity (Wildman–Crippen MR) is 63.6 cm³/mol. The van der Waals surface area contributed by atoms with Gasteiger partial charge >= 0.3 is 0 Å². The fourth-order valence-electron chi connectivity index (χ4n) is 2.08. The molecule has 2 rings (SSSR count). The lowest BCUT2D eigenvalue weighted by Gasteiger charge is -2.38. The van der Waals surface area contributed by atoms with E-state index in [-0.39, 0.29) is 0 Å². The standard InChI is InChI=1S/C12H17BN2/c1-11-9-15(13)8-7-14(11)10-12-5-3-2-4-6-12/h2-6,11H,7-10H2,1H3. The lowest BCUT2D eigenvalue weighted by Crippen LogP contribution is -2.50. The van der Waals surface area contributed by atoms with E-state index in [4.69, 9.17) is 7.98 Å². The summed E-state index contributed by atoms with van der Waals surface area (Å²) in [5, 5.41) is 0. The summed E-state index contributed by atoms with van der Waals surface area (Å²) in [6.07, 6.45) is 0. The molecule has 1 aliphatic heterocycles. The Morgan fingerprint density at radius 1 is 1.27 bits per heavy atom. The van der Waals surface area contributed by atoms with Crippen LogP contribution in [0, 0.1) is 0 Å². The van der Waals surface area contributed by atoms with Crippen LogP contribution < -0.4 is 0 Å². The first-order valence-electron chi connectivity index (χ1n) is 5.53. The number of nitrogens with zero attached hydrogens (tertiary/aromatic N) is 2. The summed E-state index contributed by atoms with van der Waals surface area (Å²) in [6, 6.07) is 11.2. The second-order valence-corrected chi connectivity index (χ2v) is 4.30. The van der Waals surface area contributed by atoms with E-state index in [9.17, 15) is 0 Å². The molecular weight excluding hydrogens is 183 g/mol. The van der Waals surface area contributed by atoms with E-state index in [1.807, 2.05) is 4.81 Å². The molecule has 1 fully saturated rings. The second kappa shape index (κ2) is 4.82. The number of piperazine rings is 1. The fraction of sp³-hybridized carbons (Fsp3) is 0.500. The molecule has 3 heteroatoms. The zero-order valence-corrected chi connectivity index (χ0v) is 9.26. The molecule has 1 aromatic carbocycles. The number of hydrogen-bond donors (Lipinski definition) is 0. The molecule has 0 saturated carbocycles. The van der Waals surface area contributed by atoms with Crippen molar-refractivity contribution < 1.29 is 0 Å². The van der Waals surface area contributed by atoms with Gasteiger partial charge in [-0.25, -0.2) is 0 Å². The lowest BCUT2D eigenvalue weighted by atomic mass is 10.1. The van der Waals surface area contributed by atoms with Crippen molar-refractivity contribution in [1.29, 1.82) is 0 Å². The maximum absolute atomic E-state index is 5.79. The molecule has 78 valence electrons. The van der Waals surface area contributed by atoms with E-state index in [0.29, 0.717) is 6.04 Å². The van der Waals surface area contributed by atoms with Crippen LogP contribution in [-0.4, -0.2) is 43.4 Å². The molecule has 0 amide bonds. The molecule has 0 N–H and O–H groups in total. The van der Waals surface area contributed by atoms with Gasteiger partial charge in [0.15, 0.2) is 7.98 Å². The zero-order valence-electron chi connectivity index (χ0n) is 9.26. The van der Waals surface area contributed by atoms with Crippen LogP contribution in [0.1, 0.15) is 12.5 Å². The highest BCUT2D eigenvalue weighted by atomic mass is 15.2. The summed E-state index contributed by atoms with van der Waals surface area (Å²) in [5.74, 6) is 0. The molecule has 2 radical (unpaired) electrons. The first-order valence-corrected chi connectivity index (χ1v) is 5.53. The van der Waals surface area contributed by atoms with Crippen molar-refractivity contribution in [1.82, 2.24) is 9.71 Å². The maximum atomic E-state index is 5.79. The topological polar surface area (TPSA) is 6.48 Å². The van der Waals surface area contributed by atoms with Crippen LogP contribution in [0.4, 0.5) is 0 Å². The Kier molecular flexibility index (Phi) is 3.44. The summed E-state index contributed by atoms with van der Waals surface area (Å²) < 4.78 is 0. The number of benzene rings is 1. The van der Waals surface area contributed by atoms with E-state index in [1.54, 1.807) is 0 Å². The average molecular weight is 200 g/mol. The summed E-state index contributed by atoms with van der Waals surface area (Å²) >= 11 is 0. The van der Waals surface area contributed by atoms with Crippen molar-refractivity contribution in [2.24, 2.45) is 0 Å². The van der Waals surface area contributed by atoms with Crippen LogP contribution in [0.3, 0.4) is 0 Å². The third-order valence-corrected chi connectivity index (χ3v) is 3.02. The van der Waals surface area contributed by atoms with E-state index in [2.05, 4.69) is 42.2 Å². The molecule has 0 bridgehead atoms. The van der Waals surface area contributed by atoms with Gasteiger partial charge in [-0.05, 0) is 19.0 Å². The van der Waals surface area contributed by atoms with E-state index >= 15 is 0 Å². The van der Waals surface area contributed by atoms with Crippen LogP contribution in [0.15, 0.2) is 30.3 Å². The molecule has 1 heterocycles. The molecule has 0 aromatic heterocycles. The van der Waals surface area contributed by atoms with E-state index in [1.165, 1.54) is 5.56 Å². The largest absolute Gasteiger partial charge is 0.351 e. The monoisotopic (exact) mass is 200 g/mol. The zero-order chi connectivity index (χ0) is 10.7. The van der Waals surface area contributed by atoms with Crippen molar-refractivity contribution in [2.75, 3.05) is 19.6 Å². The third kappa shape index (κ3) is 2.83. The molecule has 1 unspecified atom stereocenters. The quantitative estimate of drug-likeness (QED) is 0.663. The van der Waals surface area contributed by atoms with Gasteiger partial charge in [-0.15, -0.1) is 0 Å². The second-order valence-electron chi connectivity index (χ2n) is 4.30. The van der Waals surface area contributed by atoms with Crippen LogP contribution in [0.5, 0.6) is 0 Å². The molecule has 0 aliphatic carbocycles. The minimum Gasteiger partial charge on any atom is -0.351 e. The summed E-state index contributed by atoms with van der Waals surface area (Å²) in [5.41, 5.74) is 1.38. The van der Waals surface area contributed by atoms with E-state index in [0.717, 1.165) is 26.2 Å². The van der Waals surface area contributed by atoms with Gasteiger partial charge in [0.1, 0.15) is 0 Å². The van der Waals surface area contributed by atoms with Crippen LogP contribution in [0.2, 0.25) is 0 Å². The van der Waals surface area contributed by atoms with Gasteiger partial charge < -0.3 is 4.81 Å². The molecular formula is C12H17BN2. The van der Waals surface area contributed by atoms with Crippen LogP contribution >= 0.6 is 0 Å². The molecule has 1 atom stereocenters. The van der Waals surface area contributed by atoms with Crippen molar-refractivity contribution >= 4 is 7.98 Å². The lowest BCUT2D eigenvalue weighted by molar-refractivity contribution is 0.123. The maximum Gasteiger partial charge on any atom is 0.182 e. The van der Waals surface area contributed by atoms with Crippen molar-refractivity contribution in [3.05, 3.63) is 35.9 Å². The Hall–Kier alpha value is -0.795. The molecule has 0 spiro atoms. The Morgan fingerprint density at radius 2 is 2.00 bits per heavy atom. The first-order chi connectivity index (χ1) is 7.25. The fourth-order valence-corrected chi connectivity index (χ4v) is 2.08. The van der Waals surface area contributed by atoms with E-state index < -0.39 is 0 Å². The smallest absolute Gasteiger partial charge is 0.182 e. The number of rotatable bonds is 2. The molecule has 2 nitrogen and oxygen atoms in total. The molecule has 1 aliphatic rings. The van der Waals surface area contributed by atoms with Gasteiger partial charge in [0.25, 0.3) is 0 Å². The predicted octanol–water partition coefficient (Wildman–Crippen LogP) is 1.28. The van der Waals surface area contributed by atoms with Gasteiger partial charge in [-0.3, -0.25) is 4.90 Å². The van der Waals surface area contributed by atoms with Gasteiger partial charge in [-0.1, -0.05) is 30.3 Å². The van der Waals surface area contributed by atoms with Crippen molar-refractivity contribution in [3.63, 3.8) is 0 Å². The average Bonchev–Trinajstić information content (AvgIpc) is 2.24. The highest BCUT2D eigenvalue weighted by molar-refractivity contribution is 6.04. The van der Waals surface area contributed by atoms with Crippen LogP contribution in [-0.2, 0) is 6.54 Å². The first kappa shape index (κ1) is 10.7. The van der Waals surface area contributed by atoms with Gasteiger partial charge in [0.2, 0.25) is 0 Å². The van der Waals surface area contributed by atoms with Crippen molar-refractivity contribution in [2.45, 2.75) is 19.5 Å². The number of hydrogen-bond acceptors (Lipinski definition) is 2. The molecule has 1 aromatic rings. The van der Waals surface area contributed by atoms with Crippen LogP contribution in [0.25, 0.3) is 0 Å². The Balaban J connectivity index is 1.95. The molecule has 1 saturated heterocycles. The van der Waals surface area contributed by atoms with Gasteiger partial charge in [0.05, 0.1) is 0 Å². The summed E-state index contributed by atoms with van der Waals surface area (Å²) in [4.78, 5) is 4.39. The normalized spacial score (nSPS) is 24.2.